The van der Waals surface area contributed by atoms with Gasteiger partial charge in [-0.2, -0.15) is 0 Å². The average molecular weight is 968 g/mol. The van der Waals surface area contributed by atoms with Crippen molar-refractivity contribution in [2.24, 2.45) is 0 Å². The number of imidazole rings is 1. The molecule has 0 saturated heterocycles. The van der Waals surface area contributed by atoms with Gasteiger partial charge in [0, 0.05) is 53.1 Å². The molecule has 9 rings (SSSR count). The Hall–Kier alpha value is -7.04. The molecule has 0 aliphatic rings. The Kier molecular flexibility index (Phi) is 7.78. The fourth-order valence-electron chi connectivity index (χ4n) is 9.25. The minimum atomic E-state index is -4.45. The van der Waals surface area contributed by atoms with Crippen molar-refractivity contribution < 1.29 is 32.5 Å². The molecule has 0 bridgehead atoms. The first-order valence-electron chi connectivity index (χ1n) is 34.0. The summed E-state index contributed by atoms with van der Waals surface area (Å²) in [5.41, 5.74) is -5.75. The lowest BCUT2D eigenvalue weighted by Crippen LogP contribution is -2.18. The lowest BCUT2D eigenvalue weighted by atomic mass is 9.78. The van der Waals surface area contributed by atoms with E-state index in [2.05, 4.69) is 45.0 Å². The minimum Gasteiger partial charge on any atom is -0.507 e. The molecule has 4 nitrogen and oxygen atoms in total. The molecular formula is C68H73N3O. The SMILES string of the molecule is [2H]c1c(-c2nc3c(-c4cc(-c5cc(-c6ccc(C(C)(C)C)cc6)ccn5)cc(C(C)(C)C)c4)cccc3n2-c2c(-c3ccccc3)cc(-c3ccccc3)cc2C(C)(C)C)c(O)c(C(C([2H])([2H])[2H])(C([2H])([2H])[2H])C([2H])([2H])[2H])c([2H])c1C(C([2H])([2H])[2H])(C([2H])([2H])[2H])C([2H])([2H])[2H]. The summed E-state index contributed by atoms with van der Waals surface area (Å²) in [7, 11) is 0. The van der Waals surface area contributed by atoms with Gasteiger partial charge in [0.1, 0.15) is 11.6 Å². The Morgan fingerprint density at radius 1 is 0.444 bits per heavy atom. The van der Waals surface area contributed by atoms with Crippen molar-refractivity contribution in [1.29, 1.82) is 0 Å². The minimum absolute atomic E-state index is 0.0606. The van der Waals surface area contributed by atoms with Gasteiger partial charge in [-0.05, 0) is 131 Å². The molecule has 0 fully saturated rings. The van der Waals surface area contributed by atoms with Gasteiger partial charge in [0.15, 0.2) is 0 Å². The largest absolute Gasteiger partial charge is 0.507 e. The molecule has 0 spiro atoms. The molecule has 9 aromatic rings. The first-order valence-corrected chi connectivity index (χ1v) is 24.0. The van der Waals surface area contributed by atoms with Crippen LogP contribution in [-0.2, 0) is 27.1 Å². The monoisotopic (exact) mass is 968 g/mol. The van der Waals surface area contributed by atoms with Crippen molar-refractivity contribution in [2.45, 2.75) is 130 Å². The van der Waals surface area contributed by atoms with E-state index < -0.39 is 103 Å². The van der Waals surface area contributed by atoms with Crippen LogP contribution in [0.1, 0.15) is 159 Å². The van der Waals surface area contributed by atoms with Crippen LogP contribution in [0, 0.1) is 0 Å². The van der Waals surface area contributed by atoms with Gasteiger partial charge in [0.2, 0.25) is 0 Å². The second kappa shape index (κ2) is 18.2. The zero-order chi connectivity index (χ0) is 68.4. The van der Waals surface area contributed by atoms with Crippen LogP contribution in [0.25, 0.3) is 83.9 Å². The lowest BCUT2D eigenvalue weighted by Gasteiger charge is -2.30. The third-order valence-electron chi connectivity index (χ3n) is 13.2. The molecule has 0 amide bonds. The molecule has 0 atom stereocenters. The topological polar surface area (TPSA) is 50.9 Å². The van der Waals surface area contributed by atoms with E-state index in [1.54, 1.807) is 42.6 Å². The van der Waals surface area contributed by atoms with Gasteiger partial charge < -0.3 is 5.11 Å². The van der Waals surface area contributed by atoms with Gasteiger partial charge in [-0.3, -0.25) is 9.55 Å². The van der Waals surface area contributed by atoms with Gasteiger partial charge in [-0.25, -0.2) is 4.98 Å². The molecule has 2 heterocycles. The van der Waals surface area contributed by atoms with Gasteiger partial charge in [-0.15, -0.1) is 0 Å². The molecule has 4 heteroatoms. The van der Waals surface area contributed by atoms with Gasteiger partial charge >= 0.3 is 0 Å². The highest BCUT2D eigenvalue weighted by molar-refractivity contribution is 5.98. The fraction of sp³-hybridized carbons (Fsp3) is 0.294. The predicted octanol–water partition coefficient (Wildman–Crippen LogP) is 18.6. The molecule has 0 saturated carbocycles. The average Bonchev–Trinajstić information content (AvgIpc) is 0.793. The van der Waals surface area contributed by atoms with Crippen LogP contribution in [0.3, 0.4) is 0 Å². The number of rotatable bonds is 7. The maximum absolute atomic E-state index is 13.5. The maximum Gasteiger partial charge on any atom is 0.149 e. The second-order valence-electron chi connectivity index (χ2n) is 21.9. The zero-order valence-corrected chi connectivity index (χ0v) is 42.2. The number of hydrogen-bond acceptors (Lipinski definition) is 3. The second-order valence-corrected chi connectivity index (χ2v) is 21.9. The van der Waals surface area contributed by atoms with Gasteiger partial charge in [0.05, 0.1) is 30.7 Å². The van der Waals surface area contributed by atoms with Crippen LogP contribution >= 0.6 is 0 Å². The van der Waals surface area contributed by atoms with E-state index in [1.165, 1.54) is 4.57 Å². The number of para-hydroxylation sites is 1. The van der Waals surface area contributed by atoms with Crippen LogP contribution in [-0.4, -0.2) is 19.6 Å². The van der Waals surface area contributed by atoms with Crippen LogP contribution in [0.2, 0.25) is 0 Å². The molecule has 366 valence electrons. The molecule has 1 N–H and O–H groups in total. The van der Waals surface area contributed by atoms with Crippen molar-refractivity contribution in [3.63, 3.8) is 0 Å². The maximum atomic E-state index is 13.5. The van der Waals surface area contributed by atoms with Gasteiger partial charge in [-0.1, -0.05) is 213 Å². The predicted molar refractivity (Wildman–Crippen MR) is 307 cm³/mol. The van der Waals surface area contributed by atoms with Crippen molar-refractivity contribution in [3.8, 4) is 78.6 Å². The summed E-state index contributed by atoms with van der Waals surface area (Å²) in [5, 5.41) is 13.5. The van der Waals surface area contributed by atoms with Crippen LogP contribution in [0.5, 0.6) is 5.75 Å². The molecule has 7 aromatic carbocycles. The highest BCUT2D eigenvalue weighted by atomic mass is 16.3. The number of nitrogens with zero attached hydrogens (tertiary/aromatic N) is 3. The molecular weight excluding hydrogens is 875 g/mol. The van der Waals surface area contributed by atoms with E-state index in [0.717, 1.165) is 27.8 Å². The van der Waals surface area contributed by atoms with E-state index in [-0.39, 0.29) is 22.1 Å². The van der Waals surface area contributed by atoms with Crippen molar-refractivity contribution >= 4 is 11.0 Å². The molecule has 0 aliphatic heterocycles. The summed E-state index contributed by atoms with van der Waals surface area (Å²) in [6.45, 7) is -7.79. The van der Waals surface area contributed by atoms with Crippen LogP contribution in [0.4, 0.5) is 0 Å². The Balaban J connectivity index is 1.57. The third-order valence-corrected chi connectivity index (χ3v) is 13.2. The quantitative estimate of drug-likeness (QED) is 0.173. The number of benzene rings is 7. The van der Waals surface area contributed by atoms with Crippen molar-refractivity contribution in [2.75, 3.05) is 0 Å². The Morgan fingerprint density at radius 3 is 1.69 bits per heavy atom. The Morgan fingerprint density at radius 2 is 1.07 bits per heavy atom. The first-order chi connectivity index (χ1) is 42.1. The number of aromatic hydroxyl groups is 1. The smallest absolute Gasteiger partial charge is 0.149 e. The Labute approximate surface area is 458 Å². The van der Waals surface area contributed by atoms with E-state index >= 15 is 0 Å². The number of phenols is 1. The normalized spacial score (nSPS) is 17.8. The highest BCUT2D eigenvalue weighted by Crippen LogP contribution is 2.48. The summed E-state index contributed by atoms with van der Waals surface area (Å²) in [4.78, 5) is 10.2. The molecule has 72 heavy (non-hydrogen) atoms. The number of fused-ring (bicyclic) bond motifs is 1. The number of pyridine rings is 1. The molecule has 0 aliphatic carbocycles. The van der Waals surface area contributed by atoms with Crippen molar-refractivity contribution in [1.82, 2.24) is 14.5 Å². The van der Waals surface area contributed by atoms with Crippen molar-refractivity contribution in [3.05, 3.63) is 192 Å². The van der Waals surface area contributed by atoms with E-state index in [0.29, 0.717) is 44.6 Å². The summed E-state index contributed by atoms with van der Waals surface area (Å²) in [5.74, 6) is -2.35. The number of phenolic OH excluding ortho intramolecular Hbond substituents is 1. The van der Waals surface area contributed by atoms with Crippen LogP contribution < -0.4 is 0 Å². The van der Waals surface area contributed by atoms with E-state index in [1.807, 2.05) is 126 Å². The fourth-order valence-corrected chi connectivity index (χ4v) is 9.25. The van der Waals surface area contributed by atoms with Gasteiger partial charge in [0.25, 0.3) is 0 Å². The lowest BCUT2D eigenvalue weighted by molar-refractivity contribution is 0.446. The first kappa shape index (κ1) is 30.8. The van der Waals surface area contributed by atoms with Crippen LogP contribution in [0.15, 0.2) is 164 Å². The summed E-state index contributed by atoms with van der Waals surface area (Å²) >= 11 is 0. The summed E-state index contributed by atoms with van der Waals surface area (Å²) in [6, 6.07) is 41.9. The third kappa shape index (κ3) is 9.81. The summed E-state index contributed by atoms with van der Waals surface area (Å²) in [6.07, 6.45) is 1.72. The standard InChI is InChI=1S/C68H73N3O/c1-64(2,3)50-31-29-44(30-32-50)46-33-34-69-58(40-46)49-35-48(36-51(37-49)65(4,5)6)53-27-22-28-59-60(53)70-63(55-41-52(66(7,8)9)42-57(62(55)72)68(13,14)15)71(59)61-54(45-25-20-17-21-26-45)38-47(39-56(61)67(10,11)12)43-23-18-16-19-24-43/h16-42,72H,1-15H3/i7D3,8D3,9D3,13D3,14D3,15D3,41D,42D. The number of aromatic nitrogens is 3. The zero-order valence-electron chi connectivity index (χ0n) is 62.2. The molecule has 0 radical (unpaired) electrons. The molecule has 0 unspecified atom stereocenters. The highest BCUT2D eigenvalue weighted by Gasteiger charge is 2.32. The van der Waals surface area contributed by atoms with E-state index in [4.69, 9.17) is 34.6 Å². The number of hydrogen-bond donors (Lipinski definition) is 1. The Bertz CT molecular complexity index is 4120. The molecule has 2 aromatic heterocycles. The van der Waals surface area contributed by atoms with E-state index in [9.17, 15) is 7.85 Å². The summed E-state index contributed by atoms with van der Waals surface area (Å²) < 4.78 is 183.